The summed E-state index contributed by atoms with van der Waals surface area (Å²) in [6, 6.07) is 9.30. The Bertz CT molecular complexity index is 761. The average Bonchev–Trinajstić information content (AvgIpc) is 3.04. The van der Waals surface area contributed by atoms with Crippen LogP contribution < -0.4 is 9.64 Å². The Balaban J connectivity index is 1.67. The summed E-state index contributed by atoms with van der Waals surface area (Å²) in [5.74, 6) is -1.55. The standard InChI is InChI=1S/C19H19F2NO2/c1-2-22(15-7-9-17(20)18(21)11-15)19(23)12-24-16-8-6-13-4-3-5-14(13)10-16/h6-11H,2-5,12H2,1H3. The van der Waals surface area contributed by atoms with Gasteiger partial charge in [-0.2, -0.15) is 0 Å². The van der Waals surface area contributed by atoms with Gasteiger partial charge in [0.25, 0.3) is 5.91 Å². The van der Waals surface area contributed by atoms with E-state index in [0.717, 1.165) is 31.4 Å². The number of carbonyl (C=O) groups excluding carboxylic acids is 1. The van der Waals surface area contributed by atoms with Crippen LogP contribution in [0.1, 0.15) is 24.5 Å². The second kappa shape index (κ2) is 6.99. The van der Waals surface area contributed by atoms with Crippen LogP contribution in [0.5, 0.6) is 5.75 Å². The predicted molar refractivity (Wildman–Crippen MR) is 88.3 cm³/mol. The van der Waals surface area contributed by atoms with E-state index in [0.29, 0.717) is 18.0 Å². The zero-order valence-corrected chi connectivity index (χ0v) is 13.5. The molecule has 0 saturated heterocycles. The van der Waals surface area contributed by atoms with Gasteiger partial charge in [0.1, 0.15) is 5.75 Å². The number of halogens is 2. The number of ether oxygens (including phenoxy) is 1. The van der Waals surface area contributed by atoms with Crippen molar-refractivity contribution in [1.29, 1.82) is 0 Å². The molecule has 0 bridgehead atoms. The molecule has 0 atom stereocenters. The van der Waals surface area contributed by atoms with Crippen molar-refractivity contribution < 1.29 is 18.3 Å². The summed E-state index contributed by atoms with van der Waals surface area (Å²) < 4.78 is 32.0. The first-order valence-electron chi connectivity index (χ1n) is 8.08. The minimum Gasteiger partial charge on any atom is -0.484 e. The number of fused-ring (bicyclic) bond motifs is 1. The molecular weight excluding hydrogens is 312 g/mol. The third-order valence-corrected chi connectivity index (χ3v) is 4.26. The van der Waals surface area contributed by atoms with E-state index in [-0.39, 0.29) is 12.5 Å². The number of rotatable bonds is 5. The Hall–Kier alpha value is -2.43. The van der Waals surface area contributed by atoms with Gasteiger partial charge in [0.15, 0.2) is 18.2 Å². The van der Waals surface area contributed by atoms with Crippen LogP contribution in [-0.4, -0.2) is 19.1 Å². The van der Waals surface area contributed by atoms with Crippen LogP contribution in [-0.2, 0) is 17.6 Å². The van der Waals surface area contributed by atoms with Crippen LogP contribution in [0.3, 0.4) is 0 Å². The highest BCUT2D eigenvalue weighted by atomic mass is 19.2. The quantitative estimate of drug-likeness (QED) is 0.832. The number of likely N-dealkylation sites (N-methyl/N-ethyl adjacent to an activating group) is 1. The Labute approximate surface area is 139 Å². The summed E-state index contributed by atoms with van der Waals surface area (Å²) in [4.78, 5) is 13.7. The van der Waals surface area contributed by atoms with Crippen LogP contribution in [0.15, 0.2) is 36.4 Å². The lowest BCUT2D eigenvalue weighted by Crippen LogP contribution is -2.34. The van der Waals surface area contributed by atoms with Gasteiger partial charge in [-0.3, -0.25) is 4.79 Å². The zero-order valence-electron chi connectivity index (χ0n) is 13.5. The van der Waals surface area contributed by atoms with Crippen LogP contribution in [0, 0.1) is 11.6 Å². The van der Waals surface area contributed by atoms with Gasteiger partial charge < -0.3 is 9.64 Å². The monoisotopic (exact) mass is 331 g/mol. The van der Waals surface area contributed by atoms with Crippen LogP contribution in [0.2, 0.25) is 0 Å². The molecule has 0 aromatic heterocycles. The topological polar surface area (TPSA) is 29.5 Å². The number of hydrogen-bond donors (Lipinski definition) is 0. The normalized spacial score (nSPS) is 12.8. The second-order valence-corrected chi connectivity index (χ2v) is 5.81. The molecule has 0 saturated carbocycles. The van der Waals surface area contributed by atoms with E-state index in [1.807, 2.05) is 18.2 Å². The summed E-state index contributed by atoms with van der Waals surface area (Å²) in [5.41, 5.74) is 2.93. The minimum absolute atomic E-state index is 0.147. The van der Waals surface area contributed by atoms with Gasteiger partial charge in [-0.15, -0.1) is 0 Å². The van der Waals surface area contributed by atoms with Crippen LogP contribution >= 0.6 is 0 Å². The first-order chi connectivity index (χ1) is 11.6. The number of hydrogen-bond acceptors (Lipinski definition) is 2. The summed E-state index contributed by atoms with van der Waals surface area (Å²) >= 11 is 0. The average molecular weight is 331 g/mol. The highest BCUT2D eigenvalue weighted by molar-refractivity contribution is 5.94. The van der Waals surface area contributed by atoms with E-state index < -0.39 is 11.6 Å². The van der Waals surface area contributed by atoms with Crippen LogP contribution in [0.4, 0.5) is 14.5 Å². The van der Waals surface area contributed by atoms with Crippen molar-refractivity contribution in [3.63, 3.8) is 0 Å². The molecule has 3 rings (SSSR count). The first-order valence-corrected chi connectivity index (χ1v) is 8.08. The third-order valence-electron chi connectivity index (χ3n) is 4.26. The highest BCUT2D eigenvalue weighted by Gasteiger charge is 2.17. The summed E-state index contributed by atoms with van der Waals surface area (Å²) in [6.45, 7) is 1.97. The van der Waals surface area contributed by atoms with Gasteiger partial charge in [-0.1, -0.05) is 6.07 Å². The number of amides is 1. The van der Waals surface area contributed by atoms with Crippen molar-refractivity contribution in [3.8, 4) is 5.75 Å². The summed E-state index contributed by atoms with van der Waals surface area (Å²) in [5, 5.41) is 0. The van der Waals surface area contributed by atoms with Crippen LogP contribution in [0.25, 0.3) is 0 Å². The molecule has 5 heteroatoms. The zero-order chi connectivity index (χ0) is 17.1. The minimum atomic E-state index is -0.974. The van der Waals surface area contributed by atoms with E-state index in [1.54, 1.807) is 6.92 Å². The predicted octanol–water partition coefficient (Wildman–Crippen LogP) is 3.89. The van der Waals surface area contributed by atoms with Gasteiger partial charge in [-0.05, 0) is 61.6 Å². The highest BCUT2D eigenvalue weighted by Crippen LogP contribution is 2.26. The SMILES string of the molecule is CCN(C(=O)COc1ccc2c(c1)CCC2)c1ccc(F)c(F)c1. The molecule has 0 unspecified atom stereocenters. The molecule has 0 radical (unpaired) electrons. The van der Waals surface area contributed by atoms with E-state index in [9.17, 15) is 13.6 Å². The lowest BCUT2D eigenvalue weighted by Gasteiger charge is -2.21. The molecule has 24 heavy (non-hydrogen) atoms. The van der Waals surface area contributed by atoms with Gasteiger partial charge in [0.2, 0.25) is 0 Å². The van der Waals surface area contributed by atoms with Crippen molar-refractivity contribution in [3.05, 3.63) is 59.2 Å². The molecule has 2 aromatic carbocycles. The lowest BCUT2D eigenvalue weighted by molar-refractivity contribution is -0.120. The van der Waals surface area contributed by atoms with Crippen molar-refractivity contribution in [2.45, 2.75) is 26.2 Å². The maximum atomic E-state index is 13.4. The van der Waals surface area contributed by atoms with Gasteiger partial charge in [-0.25, -0.2) is 8.78 Å². The van der Waals surface area contributed by atoms with E-state index in [2.05, 4.69) is 0 Å². The Morgan fingerprint density at radius 1 is 1.08 bits per heavy atom. The number of nitrogens with zero attached hydrogens (tertiary/aromatic N) is 1. The molecule has 2 aromatic rings. The molecule has 126 valence electrons. The van der Waals surface area contributed by atoms with E-state index in [4.69, 9.17) is 4.74 Å². The number of benzene rings is 2. The number of aryl methyl sites for hydroxylation is 2. The number of carbonyl (C=O) groups is 1. The van der Waals surface area contributed by atoms with Gasteiger partial charge >= 0.3 is 0 Å². The van der Waals surface area contributed by atoms with Crippen molar-refractivity contribution in [1.82, 2.24) is 0 Å². The molecule has 0 N–H and O–H groups in total. The fourth-order valence-electron chi connectivity index (χ4n) is 3.02. The first kappa shape index (κ1) is 16.4. The maximum Gasteiger partial charge on any atom is 0.264 e. The summed E-state index contributed by atoms with van der Waals surface area (Å²) in [6.07, 6.45) is 3.28. The molecule has 1 aliphatic carbocycles. The molecule has 0 aliphatic heterocycles. The molecule has 0 heterocycles. The smallest absolute Gasteiger partial charge is 0.264 e. The van der Waals surface area contributed by atoms with Gasteiger partial charge in [0, 0.05) is 18.3 Å². The molecule has 3 nitrogen and oxygen atoms in total. The largest absolute Gasteiger partial charge is 0.484 e. The van der Waals surface area contributed by atoms with E-state index in [1.165, 1.54) is 22.1 Å². The molecular formula is C19H19F2NO2. The molecule has 0 fully saturated rings. The molecule has 1 amide bonds. The summed E-state index contributed by atoms with van der Waals surface area (Å²) in [7, 11) is 0. The molecule has 0 spiro atoms. The Morgan fingerprint density at radius 3 is 2.62 bits per heavy atom. The lowest BCUT2D eigenvalue weighted by atomic mass is 10.1. The van der Waals surface area contributed by atoms with E-state index >= 15 is 0 Å². The Morgan fingerprint density at radius 2 is 1.88 bits per heavy atom. The second-order valence-electron chi connectivity index (χ2n) is 5.81. The molecule has 1 aliphatic rings. The van der Waals surface area contributed by atoms with Crippen molar-refractivity contribution in [2.75, 3.05) is 18.1 Å². The van der Waals surface area contributed by atoms with Crippen molar-refractivity contribution >= 4 is 11.6 Å². The number of anilines is 1. The maximum absolute atomic E-state index is 13.4. The Kier molecular flexibility index (Phi) is 4.79. The fourth-order valence-corrected chi connectivity index (χ4v) is 3.02. The fraction of sp³-hybridized carbons (Fsp3) is 0.316. The van der Waals surface area contributed by atoms with Crippen molar-refractivity contribution in [2.24, 2.45) is 0 Å². The van der Waals surface area contributed by atoms with Gasteiger partial charge in [0.05, 0.1) is 0 Å². The third kappa shape index (κ3) is 3.40.